The maximum Gasteiger partial charge on any atom is 0.415 e. The molecule has 7 nitrogen and oxygen atoms in total. The number of carbonyl (C=O) groups excluding carboxylic acids is 1. The highest BCUT2D eigenvalue weighted by Gasteiger charge is 2.38. The van der Waals surface area contributed by atoms with Gasteiger partial charge in [0.1, 0.15) is 11.6 Å². The molecule has 0 radical (unpaired) electrons. The van der Waals surface area contributed by atoms with Crippen LogP contribution in [-0.4, -0.2) is 45.4 Å². The summed E-state index contributed by atoms with van der Waals surface area (Å²) >= 11 is 0. The van der Waals surface area contributed by atoms with Crippen molar-refractivity contribution in [3.05, 3.63) is 53.8 Å². The first kappa shape index (κ1) is 22.6. The van der Waals surface area contributed by atoms with Gasteiger partial charge in [0.2, 0.25) is 10.0 Å². The number of hydrogen-bond acceptors (Lipinski definition) is 5. The van der Waals surface area contributed by atoms with Crippen molar-refractivity contribution in [3.8, 4) is 5.75 Å². The van der Waals surface area contributed by atoms with E-state index in [-0.39, 0.29) is 17.0 Å². The number of ether oxygens (including phenoxy) is 1. The highest BCUT2D eigenvalue weighted by atomic mass is 32.2. The number of amides is 1. The Balaban J connectivity index is 2.27. The van der Waals surface area contributed by atoms with Crippen molar-refractivity contribution < 1.29 is 40.6 Å². The molecule has 0 heterocycles. The molecule has 1 amide bonds. The average molecular weight is 436 g/mol. The third-order valence-corrected chi connectivity index (χ3v) is 5.09. The summed E-state index contributed by atoms with van der Waals surface area (Å²) in [6.45, 7) is -1.30. The summed E-state index contributed by atoms with van der Waals surface area (Å²) in [6, 6.07) is 7.83. The first-order chi connectivity index (χ1) is 13.4. The van der Waals surface area contributed by atoms with Gasteiger partial charge >= 0.3 is 6.18 Å². The fourth-order valence-electron chi connectivity index (χ4n) is 2.15. The van der Waals surface area contributed by atoms with E-state index in [4.69, 9.17) is 9.84 Å². The topological polar surface area (TPSA) is 105 Å². The highest BCUT2D eigenvalue weighted by Crippen LogP contribution is 2.24. The lowest BCUT2D eigenvalue weighted by molar-refractivity contribution is -0.200. The van der Waals surface area contributed by atoms with Crippen molar-refractivity contribution in [1.82, 2.24) is 4.72 Å². The number of aliphatic hydroxyl groups is 1. The van der Waals surface area contributed by atoms with E-state index in [0.717, 1.165) is 30.3 Å². The van der Waals surface area contributed by atoms with Crippen LogP contribution in [0.25, 0.3) is 0 Å². The van der Waals surface area contributed by atoms with E-state index in [9.17, 15) is 30.8 Å². The molecule has 0 bridgehead atoms. The van der Waals surface area contributed by atoms with Crippen LogP contribution in [0.2, 0.25) is 0 Å². The summed E-state index contributed by atoms with van der Waals surface area (Å²) < 4.78 is 81.1. The van der Waals surface area contributed by atoms with E-state index in [1.165, 1.54) is 19.2 Å². The van der Waals surface area contributed by atoms with E-state index < -0.39 is 45.5 Å². The monoisotopic (exact) mass is 436 g/mol. The highest BCUT2D eigenvalue weighted by molar-refractivity contribution is 7.89. The van der Waals surface area contributed by atoms with Gasteiger partial charge in [0, 0.05) is 12.2 Å². The lowest BCUT2D eigenvalue weighted by atomic mass is 10.2. The molecule has 0 spiro atoms. The molecule has 0 aromatic heterocycles. The second kappa shape index (κ2) is 8.76. The molecule has 0 unspecified atom stereocenters. The molecule has 158 valence electrons. The van der Waals surface area contributed by atoms with Crippen molar-refractivity contribution >= 4 is 21.6 Å². The third kappa shape index (κ3) is 5.89. The lowest BCUT2D eigenvalue weighted by Gasteiger charge is -2.16. The number of alkyl halides is 3. The van der Waals surface area contributed by atoms with Crippen LogP contribution in [0, 0.1) is 5.82 Å². The molecule has 0 saturated carbocycles. The minimum atomic E-state index is -5.00. The Bertz CT molecular complexity index is 978. The van der Waals surface area contributed by atoms with Crippen LogP contribution in [0.3, 0.4) is 0 Å². The Hall–Kier alpha value is -2.70. The Morgan fingerprint density at radius 2 is 1.79 bits per heavy atom. The van der Waals surface area contributed by atoms with Crippen LogP contribution in [0.4, 0.5) is 23.2 Å². The van der Waals surface area contributed by atoms with E-state index in [0.29, 0.717) is 0 Å². The van der Waals surface area contributed by atoms with Crippen LogP contribution in [0.5, 0.6) is 5.75 Å². The minimum absolute atomic E-state index is 0.00103. The van der Waals surface area contributed by atoms with E-state index in [2.05, 4.69) is 5.32 Å². The SMILES string of the molecule is COc1ccc(S(=O)(=O)NC[C@H](O)C(F)(F)F)cc1C(=O)Nc1ccc(F)cc1. The van der Waals surface area contributed by atoms with Crippen LogP contribution in [0.15, 0.2) is 47.4 Å². The summed E-state index contributed by atoms with van der Waals surface area (Å²) in [5, 5.41) is 11.4. The second-order valence-corrected chi connectivity index (χ2v) is 7.50. The van der Waals surface area contributed by atoms with Gasteiger partial charge in [-0.2, -0.15) is 13.2 Å². The molecule has 1 atom stereocenters. The molecule has 3 N–H and O–H groups in total. The molecule has 0 aliphatic heterocycles. The zero-order chi connectivity index (χ0) is 21.8. The van der Waals surface area contributed by atoms with Crippen molar-refractivity contribution in [2.24, 2.45) is 0 Å². The maximum absolute atomic E-state index is 13.0. The van der Waals surface area contributed by atoms with Gasteiger partial charge < -0.3 is 15.2 Å². The lowest BCUT2D eigenvalue weighted by Crippen LogP contribution is -2.40. The number of carbonyl (C=O) groups is 1. The van der Waals surface area contributed by atoms with Crippen molar-refractivity contribution in [1.29, 1.82) is 0 Å². The van der Waals surface area contributed by atoms with E-state index >= 15 is 0 Å². The number of methoxy groups -OCH3 is 1. The summed E-state index contributed by atoms with van der Waals surface area (Å²) in [5.74, 6) is -1.32. The molecule has 2 rings (SSSR count). The summed E-state index contributed by atoms with van der Waals surface area (Å²) in [6.07, 6.45) is -7.89. The van der Waals surface area contributed by atoms with Gasteiger partial charge in [0.15, 0.2) is 6.10 Å². The quantitative estimate of drug-likeness (QED) is 0.578. The molecular formula is C17H16F4N2O5S. The number of aliphatic hydroxyl groups excluding tert-OH is 1. The molecule has 12 heteroatoms. The zero-order valence-corrected chi connectivity index (χ0v) is 15.6. The summed E-state index contributed by atoms with van der Waals surface area (Å²) in [5.41, 5.74) is -0.00536. The Morgan fingerprint density at radius 3 is 2.34 bits per heavy atom. The number of sulfonamides is 1. The number of rotatable bonds is 7. The largest absolute Gasteiger partial charge is 0.496 e. The number of nitrogens with one attached hydrogen (secondary N) is 2. The summed E-state index contributed by atoms with van der Waals surface area (Å²) in [7, 11) is -3.24. The van der Waals surface area contributed by atoms with Crippen LogP contribution in [-0.2, 0) is 10.0 Å². The van der Waals surface area contributed by atoms with Gasteiger partial charge in [-0.1, -0.05) is 0 Å². The number of benzene rings is 2. The first-order valence-electron chi connectivity index (χ1n) is 7.93. The van der Waals surface area contributed by atoms with Gasteiger partial charge in [-0.25, -0.2) is 17.5 Å². The fourth-order valence-corrected chi connectivity index (χ4v) is 3.22. The number of hydrogen-bond donors (Lipinski definition) is 3. The Labute approximate surface area is 163 Å². The molecule has 0 aliphatic rings. The van der Waals surface area contributed by atoms with Crippen molar-refractivity contribution in [2.75, 3.05) is 19.0 Å². The average Bonchev–Trinajstić information content (AvgIpc) is 2.66. The second-order valence-electron chi connectivity index (χ2n) is 5.73. The summed E-state index contributed by atoms with van der Waals surface area (Å²) in [4.78, 5) is 11.9. The smallest absolute Gasteiger partial charge is 0.415 e. The van der Waals surface area contributed by atoms with E-state index in [1.54, 1.807) is 4.72 Å². The molecule has 0 fully saturated rings. The normalized spacial score (nSPS) is 13.0. The van der Waals surface area contributed by atoms with Gasteiger partial charge in [-0.3, -0.25) is 4.79 Å². The number of anilines is 1. The predicted molar refractivity (Wildman–Crippen MR) is 94.6 cm³/mol. The molecular weight excluding hydrogens is 420 g/mol. The third-order valence-electron chi connectivity index (χ3n) is 3.67. The van der Waals surface area contributed by atoms with Crippen LogP contribution < -0.4 is 14.8 Å². The molecule has 29 heavy (non-hydrogen) atoms. The molecule has 0 saturated heterocycles. The first-order valence-corrected chi connectivity index (χ1v) is 9.42. The van der Waals surface area contributed by atoms with Crippen LogP contribution in [0.1, 0.15) is 10.4 Å². The van der Waals surface area contributed by atoms with Crippen LogP contribution >= 0.6 is 0 Å². The van der Waals surface area contributed by atoms with Crippen molar-refractivity contribution in [2.45, 2.75) is 17.2 Å². The predicted octanol–water partition coefficient (Wildman–Crippen LogP) is 2.29. The minimum Gasteiger partial charge on any atom is -0.496 e. The Kier molecular flexibility index (Phi) is 6.82. The molecule has 0 aliphatic carbocycles. The van der Waals surface area contributed by atoms with Gasteiger partial charge in [-0.05, 0) is 42.5 Å². The van der Waals surface area contributed by atoms with E-state index in [1.807, 2.05) is 0 Å². The number of halogens is 4. The Morgan fingerprint density at radius 1 is 1.17 bits per heavy atom. The fraction of sp³-hybridized carbons (Fsp3) is 0.235. The van der Waals surface area contributed by atoms with Gasteiger partial charge in [-0.15, -0.1) is 0 Å². The van der Waals surface area contributed by atoms with Gasteiger partial charge in [0.05, 0.1) is 17.6 Å². The zero-order valence-electron chi connectivity index (χ0n) is 14.8. The maximum atomic E-state index is 13.0. The standard InChI is InChI=1S/C17H16F4N2O5S/c1-28-14-7-6-12(29(26,27)22-9-15(24)17(19,20)21)8-13(14)16(25)23-11-4-2-10(18)3-5-11/h2-8,15,22,24H,9H2,1H3,(H,23,25)/t15-/m0/s1. The molecule has 2 aromatic rings. The van der Waals surface area contributed by atoms with Crippen molar-refractivity contribution in [3.63, 3.8) is 0 Å². The molecule has 2 aromatic carbocycles. The van der Waals surface area contributed by atoms with Gasteiger partial charge in [0.25, 0.3) is 5.91 Å².